The lowest BCUT2D eigenvalue weighted by molar-refractivity contribution is 0.0528. The van der Waals surface area contributed by atoms with Gasteiger partial charge in [0.15, 0.2) is 0 Å². The molecule has 0 saturated carbocycles. The zero-order valence-electron chi connectivity index (χ0n) is 9.04. The molecule has 16 heavy (non-hydrogen) atoms. The lowest BCUT2D eigenvalue weighted by Crippen LogP contribution is -2.04. The SMILES string of the molecule is CCOC(=O)c1ccc(Br)c2oc(C)cc12. The second-order valence-electron chi connectivity index (χ2n) is 3.42. The van der Waals surface area contributed by atoms with Crippen molar-refractivity contribution in [2.45, 2.75) is 13.8 Å². The molecule has 0 N–H and O–H groups in total. The van der Waals surface area contributed by atoms with Crippen molar-refractivity contribution < 1.29 is 13.9 Å². The number of rotatable bonds is 2. The molecule has 0 aliphatic heterocycles. The Morgan fingerprint density at radius 2 is 2.25 bits per heavy atom. The summed E-state index contributed by atoms with van der Waals surface area (Å²) < 4.78 is 11.3. The van der Waals surface area contributed by atoms with E-state index >= 15 is 0 Å². The van der Waals surface area contributed by atoms with Crippen LogP contribution in [-0.4, -0.2) is 12.6 Å². The summed E-state index contributed by atoms with van der Waals surface area (Å²) in [6, 6.07) is 5.36. The van der Waals surface area contributed by atoms with E-state index < -0.39 is 0 Å². The van der Waals surface area contributed by atoms with Crippen molar-refractivity contribution in [2.75, 3.05) is 6.61 Å². The number of hydrogen-bond donors (Lipinski definition) is 0. The monoisotopic (exact) mass is 282 g/mol. The van der Waals surface area contributed by atoms with Gasteiger partial charge in [0.25, 0.3) is 0 Å². The number of aryl methyl sites for hydroxylation is 1. The van der Waals surface area contributed by atoms with Crippen LogP contribution >= 0.6 is 15.9 Å². The Bertz CT molecular complexity index is 542. The lowest BCUT2D eigenvalue weighted by atomic mass is 10.1. The van der Waals surface area contributed by atoms with Gasteiger partial charge in [0, 0.05) is 5.39 Å². The van der Waals surface area contributed by atoms with E-state index in [-0.39, 0.29) is 5.97 Å². The van der Waals surface area contributed by atoms with E-state index in [9.17, 15) is 4.79 Å². The highest BCUT2D eigenvalue weighted by molar-refractivity contribution is 9.10. The van der Waals surface area contributed by atoms with Gasteiger partial charge in [-0.25, -0.2) is 4.79 Å². The third-order valence-electron chi connectivity index (χ3n) is 2.25. The van der Waals surface area contributed by atoms with Gasteiger partial charge in [-0.2, -0.15) is 0 Å². The van der Waals surface area contributed by atoms with Crippen LogP contribution in [0.4, 0.5) is 0 Å². The molecule has 0 radical (unpaired) electrons. The molecule has 3 nitrogen and oxygen atoms in total. The molecule has 0 aliphatic rings. The van der Waals surface area contributed by atoms with Crippen LogP contribution in [0.15, 0.2) is 27.1 Å². The van der Waals surface area contributed by atoms with Gasteiger partial charge in [-0.15, -0.1) is 0 Å². The summed E-state index contributed by atoms with van der Waals surface area (Å²) in [7, 11) is 0. The first kappa shape index (κ1) is 11.2. The zero-order valence-corrected chi connectivity index (χ0v) is 10.6. The van der Waals surface area contributed by atoms with Crippen LogP contribution in [0.2, 0.25) is 0 Å². The number of hydrogen-bond acceptors (Lipinski definition) is 3. The summed E-state index contributed by atoms with van der Waals surface area (Å²) in [6.07, 6.45) is 0. The molecule has 0 amide bonds. The van der Waals surface area contributed by atoms with Gasteiger partial charge >= 0.3 is 5.97 Å². The van der Waals surface area contributed by atoms with Crippen molar-refractivity contribution in [1.82, 2.24) is 0 Å². The fourth-order valence-electron chi connectivity index (χ4n) is 1.60. The molecule has 1 aromatic heterocycles. The van der Waals surface area contributed by atoms with E-state index in [0.717, 1.165) is 15.6 Å². The largest absolute Gasteiger partial charge is 0.462 e. The van der Waals surface area contributed by atoms with Gasteiger partial charge in [0.2, 0.25) is 0 Å². The van der Waals surface area contributed by atoms with Crippen LogP contribution in [0.1, 0.15) is 23.0 Å². The average molecular weight is 283 g/mol. The van der Waals surface area contributed by atoms with Gasteiger partial charge in [-0.1, -0.05) is 0 Å². The molecule has 2 rings (SSSR count). The minimum atomic E-state index is -0.319. The molecule has 0 unspecified atom stereocenters. The van der Waals surface area contributed by atoms with Crippen LogP contribution in [0, 0.1) is 6.92 Å². The molecular weight excluding hydrogens is 272 g/mol. The average Bonchev–Trinajstić information content (AvgIpc) is 2.61. The Morgan fingerprint density at radius 3 is 2.94 bits per heavy atom. The Kier molecular flexibility index (Phi) is 3.01. The molecule has 0 spiro atoms. The maximum atomic E-state index is 11.7. The summed E-state index contributed by atoms with van der Waals surface area (Å²) in [5.74, 6) is 0.452. The van der Waals surface area contributed by atoms with E-state index in [1.165, 1.54) is 0 Å². The second kappa shape index (κ2) is 4.29. The van der Waals surface area contributed by atoms with E-state index in [1.807, 2.05) is 13.0 Å². The smallest absolute Gasteiger partial charge is 0.338 e. The van der Waals surface area contributed by atoms with Gasteiger partial charge in [-0.3, -0.25) is 0 Å². The number of furan rings is 1. The minimum absolute atomic E-state index is 0.319. The number of carbonyl (C=O) groups excluding carboxylic acids is 1. The molecular formula is C12H11BrO3. The molecule has 1 aromatic carbocycles. The number of fused-ring (bicyclic) bond motifs is 1. The maximum Gasteiger partial charge on any atom is 0.338 e. The predicted molar refractivity (Wildman–Crippen MR) is 64.6 cm³/mol. The summed E-state index contributed by atoms with van der Waals surface area (Å²) in [4.78, 5) is 11.7. The van der Waals surface area contributed by atoms with Gasteiger partial charge in [-0.05, 0) is 48.0 Å². The quantitative estimate of drug-likeness (QED) is 0.789. The predicted octanol–water partition coefficient (Wildman–Crippen LogP) is 3.68. The standard InChI is InChI=1S/C12H11BrO3/c1-3-15-12(14)8-4-5-10(13)11-9(8)6-7(2)16-11/h4-6H,3H2,1-2H3. The van der Waals surface area contributed by atoms with Crippen molar-refractivity contribution in [3.8, 4) is 0 Å². The van der Waals surface area contributed by atoms with Crippen LogP contribution in [0.25, 0.3) is 11.0 Å². The summed E-state index contributed by atoms with van der Waals surface area (Å²) in [5, 5.41) is 0.783. The van der Waals surface area contributed by atoms with Gasteiger partial charge in [0.1, 0.15) is 11.3 Å². The third kappa shape index (κ3) is 1.85. The highest BCUT2D eigenvalue weighted by Gasteiger charge is 2.15. The second-order valence-corrected chi connectivity index (χ2v) is 4.27. The summed E-state index contributed by atoms with van der Waals surface area (Å²) in [5.41, 5.74) is 1.22. The Balaban J connectivity index is 2.62. The molecule has 0 fully saturated rings. The van der Waals surface area contributed by atoms with E-state index in [1.54, 1.807) is 19.1 Å². The molecule has 0 aliphatic carbocycles. The molecule has 4 heteroatoms. The van der Waals surface area contributed by atoms with Gasteiger partial charge in [0.05, 0.1) is 16.6 Å². The molecule has 2 aromatic rings. The van der Waals surface area contributed by atoms with Crippen molar-refractivity contribution in [1.29, 1.82) is 0 Å². The molecule has 84 valence electrons. The third-order valence-corrected chi connectivity index (χ3v) is 2.88. The zero-order chi connectivity index (χ0) is 11.7. The van der Waals surface area contributed by atoms with Crippen molar-refractivity contribution in [3.05, 3.63) is 34.0 Å². The van der Waals surface area contributed by atoms with Crippen molar-refractivity contribution in [3.63, 3.8) is 0 Å². The highest BCUT2D eigenvalue weighted by atomic mass is 79.9. The minimum Gasteiger partial charge on any atom is -0.462 e. The fourth-order valence-corrected chi connectivity index (χ4v) is 2.03. The van der Waals surface area contributed by atoms with Crippen LogP contribution in [-0.2, 0) is 4.74 Å². The number of carbonyl (C=O) groups is 1. The number of halogens is 1. The lowest BCUT2D eigenvalue weighted by Gasteiger charge is -2.03. The number of ether oxygens (including phenoxy) is 1. The van der Waals surface area contributed by atoms with Crippen LogP contribution in [0.3, 0.4) is 0 Å². The number of benzene rings is 1. The fraction of sp³-hybridized carbons (Fsp3) is 0.250. The maximum absolute atomic E-state index is 11.7. The molecule has 0 saturated heterocycles. The Hall–Kier alpha value is -1.29. The normalized spacial score (nSPS) is 10.7. The van der Waals surface area contributed by atoms with E-state index in [2.05, 4.69) is 15.9 Å². The molecule has 0 atom stereocenters. The number of esters is 1. The van der Waals surface area contributed by atoms with Crippen LogP contribution in [0.5, 0.6) is 0 Å². The van der Waals surface area contributed by atoms with Crippen molar-refractivity contribution in [2.24, 2.45) is 0 Å². The summed E-state index contributed by atoms with van der Waals surface area (Å²) >= 11 is 3.39. The Labute approximate surface area is 102 Å². The first-order valence-electron chi connectivity index (χ1n) is 4.99. The van der Waals surface area contributed by atoms with E-state index in [0.29, 0.717) is 17.8 Å². The topological polar surface area (TPSA) is 39.4 Å². The Morgan fingerprint density at radius 1 is 1.50 bits per heavy atom. The van der Waals surface area contributed by atoms with Crippen molar-refractivity contribution >= 4 is 32.9 Å². The molecule has 0 bridgehead atoms. The molecule has 1 heterocycles. The van der Waals surface area contributed by atoms with Gasteiger partial charge < -0.3 is 9.15 Å². The van der Waals surface area contributed by atoms with E-state index in [4.69, 9.17) is 9.15 Å². The summed E-state index contributed by atoms with van der Waals surface area (Å²) in [6.45, 7) is 4.00. The first-order chi connectivity index (χ1) is 7.63. The van der Waals surface area contributed by atoms with Crippen LogP contribution < -0.4 is 0 Å². The highest BCUT2D eigenvalue weighted by Crippen LogP contribution is 2.30. The first-order valence-corrected chi connectivity index (χ1v) is 5.78.